The van der Waals surface area contributed by atoms with Crippen molar-refractivity contribution < 1.29 is 13.2 Å². The number of rotatable bonds is 4. The zero-order chi connectivity index (χ0) is 22.5. The van der Waals surface area contributed by atoms with E-state index in [0.29, 0.717) is 48.9 Å². The molecule has 0 aromatic carbocycles. The summed E-state index contributed by atoms with van der Waals surface area (Å²) >= 11 is 1.41. The molecule has 1 aliphatic heterocycles. The van der Waals surface area contributed by atoms with Crippen molar-refractivity contribution >= 4 is 37.6 Å². The van der Waals surface area contributed by atoms with Gasteiger partial charge in [-0.15, -0.1) is 11.3 Å². The van der Waals surface area contributed by atoms with E-state index >= 15 is 0 Å². The minimum Gasteiger partial charge on any atom is -0.335 e. The molecule has 32 heavy (non-hydrogen) atoms. The van der Waals surface area contributed by atoms with Gasteiger partial charge in [0.25, 0.3) is 11.5 Å². The van der Waals surface area contributed by atoms with Gasteiger partial charge in [-0.1, -0.05) is 6.07 Å². The molecule has 10 nitrogen and oxygen atoms in total. The van der Waals surface area contributed by atoms with Crippen LogP contribution in [0.2, 0.25) is 0 Å². The van der Waals surface area contributed by atoms with E-state index in [1.165, 1.54) is 20.1 Å². The van der Waals surface area contributed by atoms with Crippen LogP contribution in [0.1, 0.15) is 16.2 Å². The van der Waals surface area contributed by atoms with Gasteiger partial charge in [0.05, 0.1) is 11.2 Å². The zero-order valence-electron chi connectivity index (χ0n) is 17.2. The summed E-state index contributed by atoms with van der Waals surface area (Å²) in [5.41, 5.74) is 1.20. The molecule has 1 fully saturated rings. The van der Waals surface area contributed by atoms with Gasteiger partial charge in [0, 0.05) is 62.8 Å². The highest BCUT2D eigenvalue weighted by Crippen LogP contribution is 2.19. The second-order valence-corrected chi connectivity index (χ2v) is 10.5. The number of aromatic nitrogens is 4. The third-order valence-electron chi connectivity index (χ3n) is 5.45. The number of sulfone groups is 1. The van der Waals surface area contributed by atoms with Crippen molar-refractivity contribution in [1.29, 1.82) is 0 Å². The van der Waals surface area contributed by atoms with Crippen molar-refractivity contribution in [1.82, 2.24) is 28.6 Å². The number of piperazine rings is 1. The van der Waals surface area contributed by atoms with Crippen LogP contribution >= 0.6 is 11.3 Å². The summed E-state index contributed by atoms with van der Waals surface area (Å²) in [5, 5.41) is 1.68. The van der Waals surface area contributed by atoms with Crippen LogP contribution < -0.4 is 5.56 Å². The highest BCUT2D eigenvalue weighted by molar-refractivity contribution is 7.90. The number of nitrogens with zero attached hydrogens (tertiary/aromatic N) is 6. The van der Waals surface area contributed by atoms with Crippen molar-refractivity contribution in [2.24, 2.45) is 0 Å². The Balaban J connectivity index is 1.32. The Hall–Kier alpha value is -3.09. The lowest BCUT2D eigenvalue weighted by molar-refractivity contribution is 0.0623. The monoisotopic (exact) mass is 472 g/mol. The van der Waals surface area contributed by atoms with Gasteiger partial charge in [0.15, 0.2) is 10.7 Å². The van der Waals surface area contributed by atoms with Gasteiger partial charge in [-0.25, -0.2) is 18.4 Å². The Labute approximate surface area is 187 Å². The number of pyridine rings is 1. The Morgan fingerprint density at radius 3 is 2.62 bits per heavy atom. The Bertz CT molecular complexity index is 1500. The number of carbonyl (C=O) groups excluding carboxylic acids is 1. The van der Waals surface area contributed by atoms with Crippen LogP contribution in [0.15, 0.2) is 52.0 Å². The number of amides is 1. The van der Waals surface area contributed by atoms with Crippen LogP contribution in [0.5, 0.6) is 0 Å². The number of imidazole rings is 1. The summed E-state index contributed by atoms with van der Waals surface area (Å²) in [4.78, 5) is 38.6. The van der Waals surface area contributed by atoms with E-state index in [1.54, 1.807) is 41.6 Å². The number of carbonyl (C=O) groups is 1. The fourth-order valence-electron chi connectivity index (χ4n) is 3.89. The SMILES string of the molecule is CS(=O)(=O)c1nc(C(=O)N2CCN(Cc3cc(=O)n4ccsc4n3)CC2)c2ccccn12. The summed E-state index contributed by atoms with van der Waals surface area (Å²) in [7, 11) is -3.59. The maximum Gasteiger partial charge on any atom is 0.274 e. The predicted molar refractivity (Wildman–Crippen MR) is 119 cm³/mol. The molecule has 5 rings (SSSR count). The molecule has 12 heteroatoms. The molecule has 5 heterocycles. The summed E-state index contributed by atoms with van der Waals surface area (Å²) in [6.45, 7) is 2.69. The molecule has 166 valence electrons. The minimum atomic E-state index is -3.59. The molecule has 0 N–H and O–H groups in total. The second kappa shape index (κ2) is 7.80. The number of fused-ring (bicyclic) bond motifs is 2. The standard InChI is InChI=1S/C20H20N6O4S2/c1-32(29,30)20-22-17(15-4-2-3-5-25(15)20)18(28)24-8-6-23(7-9-24)13-14-12-16(27)26-10-11-31-19(26)21-14/h2-5,10-12H,6-9,13H2,1H3. The lowest BCUT2D eigenvalue weighted by Crippen LogP contribution is -2.48. The lowest BCUT2D eigenvalue weighted by Gasteiger charge is -2.34. The van der Waals surface area contributed by atoms with Gasteiger partial charge in [-0.05, 0) is 12.1 Å². The summed E-state index contributed by atoms with van der Waals surface area (Å²) in [6, 6.07) is 6.68. The molecule has 0 aliphatic carbocycles. The fourth-order valence-corrected chi connectivity index (χ4v) is 5.40. The van der Waals surface area contributed by atoms with Gasteiger partial charge in [-0.2, -0.15) is 0 Å². The number of hydrogen-bond donors (Lipinski definition) is 0. The molecule has 0 bridgehead atoms. The molecule has 0 radical (unpaired) electrons. The highest BCUT2D eigenvalue weighted by Gasteiger charge is 2.28. The third-order valence-corrected chi connectivity index (χ3v) is 7.16. The van der Waals surface area contributed by atoms with Gasteiger partial charge >= 0.3 is 0 Å². The summed E-state index contributed by atoms with van der Waals surface area (Å²) in [6.07, 6.45) is 4.38. The molecule has 1 amide bonds. The zero-order valence-corrected chi connectivity index (χ0v) is 18.8. The first-order valence-corrected chi connectivity index (χ1v) is 12.7. The maximum absolute atomic E-state index is 13.2. The van der Waals surface area contributed by atoms with Crippen molar-refractivity contribution in [3.8, 4) is 0 Å². The largest absolute Gasteiger partial charge is 0.335 e. The first kappa shape index (κ1) is 20.8. The van der Waals surface area contributed by atoms with Crippen LogP contribution in [-0.4, -0.2) is 75.3 Å². The molecule has 1 saturated heterocycles. The molecule has 0 spiro atoms. The van der Waals surface area contributed by atoms with Crippen molar-refractivity contribution in [3.63, 3.8) is 0 Å². The fraction of sp³-hybridized carbons (Fsp3) is 0.300. The van der Waals surface area contributed by atoms with Gasteiger partial charge in [0.1, 0.15) is 0 Å². The normalized spacial score (nSPS) is 15.6. The molecule has 4 aromatic rings. The van der Waals surface area contributed by atoms with E-state index in [0.717, 1.165) is 6.26 Å². The highest BCUT2D eigenvalue weighted by atomic mass is 32.2. The van der Waals surface area contributed by atoms with Crippen LogP contribution in [-0.2, 0) is 16.4 Å². The lowest BCUT2D eigenvalue weighted by atomic mass is 10.2. The van der Waals surface area contributed by atoms with Gasteiger partial charge in [0.2, 0.25) is 15.0 Å². The van der Waals surface area contributed by atoms with Gasteiger partial charge < -0.3 is 4.90 Å². The predicted octanol–water partition coefficient (Wildman–Crippen LogP) is 0.765. The van der Waals surface area contributed by atoms with Crippen molar-refractivity contribution in [2.75, 3.05) is 32.4 Å². The quantitative estimate of drug-likeness (QED) is 0.431. The number of thiazole rings is 1. The van der Waals surface area contributed by atoms with Crippen molar-refractivity contribution in [2.45, 2.75) is 11.7 Å². The summed E-state index contributed by atoms with van der Waals surface area (Å²) < 4.78 is 27.2. The van der Waals surface area contributed by atoms with Crippen molar-refractivity contribution in [3.05, 3.63) is 63.8 Å². The topological polar surface area (TPSA) is 109 Å². The molecule has 0 atom stereocenters. The molecular formula is C20H20N6O4S2. The van der Waals surface area contributed by atoms with E-state index in [2.05, 4.69) is 14.9 Å². The van der Waals surface area contributed by atoms with E-state index in [9.17, 15) is 18.0 Å². The van der Waals surface area contributed by atoms with Crippen LogP contribution in [0.3, 0.4) is 0 Å². The molecular weight excluding hydrogens is 452 g/mol. The van der Waals surface area contributed by atoms with Crippen LogP contribution in [0.4, 0.5) is 0 Å². The molecule has 1 aliphatic rings. The number of hydrogen-bond acceptors (Lipinski definition) is 8. The first-order chi connectivity index (χ1) is 15.3. The Morgan fingerprint density at radius 1 is 1.09 bits per heavy atom. The summed E-state index contributed by atoms with van der Waals surface area (Å²) in [5.74, 6) is -0.292. The van der Waals surface area contributed by atoms with E-state index < -0.39 is 9.84 Å². The second-order valence-electron chi connectivity index (χ2n) is 7.68. The van der Waals surface area contributed by atoms with E-state index in [4.69, 9.17) is 0 Å². The average molecular weight is 473 g/mol. The Kier molecular flexibility index (Phi) is 5.07. The Morgan fingerprint density at radius 2 is 1.88 bits per heavy atom. The molecule has 0 unspecified atom stereocenters. The average Bonchev–Trinajstić information content (AvgIpc) is 3.39. The molecule has 0 saturated carbocycles. The van der Waals surface area contributed by atoms with Crippen LogP contribution in [0.25, 0.3) is 10.5 Å². The van der Waals surface area contributed by atoms with E-state index in [1.807, 2.05) is 5.38 Å². The van der Waals surface area contributed by atoms with Crippen LogP contribution in [0, 0.1) is 0 Å². The minimum absolute atomic E-state index is 0.103. The first-order valence-electron chi connectivity index (χ1n) is 9.96. The third kappa shape index (κ3) is 3.70. The van der Waals surface area contributed by atoms with Gasteiger partial charge in [-0.3, -0.25) is 23.3 Å². The smallest absolute Gasteiger partial charge is 0.274 e. The maximum atomic E-state index is 13.2. The van der Waals surface area contributed by atoms with E-state index in [-0.39, 0.29) is 22.3 Å². The molecule has 4 aromatic heterocycles.